The molecule has 104 valence electrons. The van der Waals surface area contributed by atoms with E-state index < -0.39 is 4.92 Å². The number of anilines is 3. The fourth-order valence-corrected chi connectivity index (χ4v) is 2.13. The largest absolute Gasteiger partial charge is 0.393 e. The number of nitro groups is 1. The summed E-state index contributed by atoms with van der Waals surface area (Å²) in [6, 6.07) is 11.1. The Bertz CT molecular complexity index is 651. The monoisotopic (exact) mass is 271 g/mol. The van der Waals surface area contributed by atoms with Gasteiger partial charge in [-0.05, 0) is 37.6 Å². The SMILES string of the molecule is Cc1ccc(N(C)c2cc([N+](=O)[O-])c(N)cc2C)cc1. The second-order valence-electron chi connectivity index (χ2n) is 4.85. The van der Waals surface area contributed by atoms with Crippen molar-refractivity contribution in [3.8, 4) is 0 Å². The van der Waals surface area contributed by atoms with Crippen LogP contribution in [0.3, 0.4) is 0 Å². The quantitative estimate of drug-likeness (QED) is 0.526. The highest BCUT2D eigenvalue weighted by Gasteiger charge is 2.17. The molecule has 2 aromatic carbocycles. The van der Waals surface area contributed by atoms with Gasteiger partial charge in [-0.1, -0.05) is 17.7 Å². The minimum absolute atomic E-state index is 0.0652. The first-order valence-corrected chi connectivity index (χ1v) is 6.25. The van der Waals surface area contributed by atoms with E-state index in [1.165, 1.54) is 11.6 Å². The van der Waals surface area contributed by atoms with Crippen molar-refractivity contribution in [3.05, 3.63) is 57.6 Å². The molecule has 0 unspecified atom stereocenters. The van der Waals surface area contributed by atoms with E-state index in [4.69, 9.17) is 5.73 Å². The molecule has 5 nitrogen and oxygen atoms in total. The number of nitrogens with two attached hydrogens (primary N) is 1. The zero-order valence-electron chi connectivity index (χ0n) is 11.8. The van der Waals surface area contributed by atoms with Crippen LogP contribution in [0.1, 0.15) is 11.1 Å². The van der Waals surface area contributed by atoms with Crippen LogP contribution >= 0.6 is 0 Å². The van der Waals surface area contributed by atoms with Gasteiger partial charge in [0.2, 0.25) is 0 Å². The lowest BCUT2D eigenvalue weighted by Crippen LogP contribution is -2.12. The third-order valence-corrected chi connectivity index (χ3v) is 3.32. The molecule has 0 atom stereocenters. The molecule has 0 fully saturated rings. The van der Waals surface area contributed by atoms with Crippen LogP contribution in [-0.2, 0) is 0 Å². The Hall–Kier alpha value is -2.56. The van der Waals surface area contributed by atoms with E-state index in [2.05, 4.69) is 0 Å². The highest BCUT2D eigenvalue weighted by Crippen LogP contribution is 2.34. The van der Waals surface area contributed by atoms with Gasteiger partial charge in [-0.15, -0.1) is 0 Å². The number of benzene rings is 2. The number of nitro benzene ring substituents is 1. The molecule has 0 spiro atoms. The lowest BCUT2D eigenvalue weighted by atomic mass is 10.1. The second-order valence-corrected chi connectivity index (χ2v) is 4.85. The summed E-state index contributed by atoms with van der Waals surface area (Å²) in [5.41, 5.74) is 9.62. The van der Waals surface area contributed by atoms with Gasteiger partial charge in [-0.3, -0.25) is 10.1 Å². The molecule has 0 aliphatic carbocycles. The molecule has 0 bridgehead atoms. The number of nitrogens with zero attached hydrogens (tertiary/aromatic N) is 2. The van der Waals surface area contributed by atoms with E-state index in [9.17, 15) is 10.1 Å². The Kier molecular flexibility index (Phi) is 3.61. The van der Waals surface area contributed by atoms with Gasteiger partial charge in [-0.2, -0.15) is 0 Å². The minimum Gasteiger partial charge on any atom is -0.393 e. The lowest BCUT2D eigenvalue weighted by Gasteiger charge is -2.22. The summed E-state index contributed by atoms with van der Waals surface area (Å²) < 4.78 is 0. The Labute approximate surface area is 117 Å². The van der Waals surface area contributed by atoms with E-state index in [1.807, 2.05) is 50.1 Å². The van der Waals surface area contributed by atoms with Gasteiger partial charge in [0.05, 0.1) is 10.6 Å². The maximum atomic E-state index is 11.0. The molecule has 2 rings (SSSR count). The fourth-order valence-electron chi connectivity index (χ4n) is 2.13. The van der Waals surface area contributed by atoms with Gasteiger partial charge in [0.25, 0.3) is 5.69 Å². The molecular weight excluding hydrogens is 254 g/mol. The number of hydrogen-bond donors (Lipinski definition) is 1. The number of nitrogen functional groups attached to an aromatic ring is 1. The van der Waals surface area contributed by atoms with Crippen LogP contribution in [0.5, 0.6) is 0 Å². The van der Waals surface area contributed by atoms with Crippen molar-refractivity contribution < 1.29 is 4.92 Å². The summed E-state index contributed by atoms with van der Waals surface area (Å²) in [6.07, 6.45) is 0. The van der Waals surface area contributed by atoms with Crippen LogP contribution in [0.25, 0.3) is 0 Å². The molecule has 2 aromatic rings. The Morgan fingerprint density at radius 2 is 1.75 bits per heavy atom. The molecule has 0 saturated heterocycles. The highest BCUT2D eigenvalue weighted by molar-refractivity contribution is 5.74. The maximum Gasteiger partial charge on any atom is 0.294 e. The molecule has 20 heavy (non-hydrogen) atoms. The smallest absolute Gasteiger partial charge is 0.294 e. The molecule has 0 aromatic heterocycles. The molecule has 0 heterocycles. The predicted molar refractivity (Wildman–Crippen MR) is 81.5 cm³/mol. The first kappa shape index (κ1) is 13.9. The third-order valence-electron chi connectivity index (χ3n) is 3.32. The van der Waals surface area contributed by atoms with Crippen LogP contribution in [0, 0.1) is 24.0 Å². The summed E-state index contributed by atoms with van der Waals surface area (Å²) in [6.45, 7) is 3.91. The van der Waals surface area contributed by atoms with Gasteiger partial charge in [0.1, 0.15) is 5.69 Å². The van der Waals surface area contributed by atoms with Crippen molar-refractivity contribution in [2.45, 2.75) is 13.8 Å². The number of rotatable bonds is 3. The Morgan fingerprint density at radius 1 is 1.15 bits per heavy atom. The van der Waals surface area contributed by atoms with Crippen molar-refractivity contribution >= 4 is 22.7 Å². The third kappa shape index (κ3) is 2.56. The second kappa shape index (κ2) is 5.21. The first-order valence-electron chi connectivity index (χ1n) is 6.25. The Balaban J connectivity index is 2.48. The Morgan fingerprint density at radius 3 is 2.30 bits per heavy atom. The first-order chi connectivity index (χ1) is 9.40. The van der Waals surface area contributed by atoms with E-state index in [0.717, 1.165) is 16.9 Å². The van der Waals surface area contributed by atoms with Gasteiger partial charge < -0.3 is 10.6 Å². The molecule has 0 aliphatic rings. The molecular formula is C15H17N3O2. The molecule has 2 N–H and O–H groups in total. The molecule has 0 aliphatic heterocycles. The average Bonchev–Trinajstić information content (AvgIpc) is 2.38. The normalized spacial score (nSPS) is 10.3. The minimum atomic E-state index is -0.457. The van der Waals surface area contributed by atoms with Crippen molar-refractivity contribution in [2.75, 3.05) is 17.7 Å². The summed E-state index contributed by atoms with van der Waals surface area (Å²) in [4.78, 5) is 12.5. The van der Waals surface area contributed by atoms with Crippen LogP contribution in [0.15, 0.2) is 36.4 Å². The van der Waals surface area contributed by atoms with Crippen LogP contribution < -0.4 is 10.6 Å². The summed E-state index contributed by atoms with van der Waals surface area (Å²) in [5, 5.41) is 11.0. The van der Waals surface area contributed by atoms with Crippen LogP contribution in [0.2, 0.25) is 0 Å². The molecule has 0 amide bonds. The summed E-state index contributed by atoms with van der Waals surface area (Å²) >= 11 is 0. The topological polar surface area (TPSA) is 72.4 Å². The zero-order chi connectivity index (χ0) is 14.9. The van der Waals surface area contributed by atoms with E-state index >= 15 is 0 Å². The van der Waals surface area contributed by atoms with Crippen molar-refractivity contribution in [1.29, 1.82) is 0 Å². The van der Waals surface area contributed by atoms with Gasteiger partial charge in [0, 0.05) is 18.8 Å². The van der Waals surface area contributed by atoms with Crippen molar-refractivity contribution in [3.63, 3.8) is 0 Å². The van der Waals surface area contributed by atoms with E-state index in [1.54, 1.807) is 6.07 Å². The van der Waals surface area contributed by atoms with Crippen molar-refractivity contribution in [2.24, 2.45) is 0 Å². The van der Waals surface area contributed by atoms with Gasteiger partial charge in [0.15, 0.2) is 0 Å². The highest BCUT2D eigenvalue weighted by atomic mass is 16.6. The molecule has 0 saturated carbocycles. The van der Waals surface area contributed by atoms with E-state index in [-0.39, 0.29) is 11.4 Å². The zero-order valence-corrected chi connectivity index (χ0v) is 11.8. The summed E-state index contributed by atoms with van der Waals surface area (Å²) in [7, 11) is 1.88. The van der Waals surface area contributed by atoms with Crippen LogP contribution in [-0.4, -0.2) is 12.0 Å². The van der Waals surface area contributed by atoms with Crippen molar-refractivity contribution in [1.82, 2.24) is 0 Å². The number of aryl methyl sites for hydroxylation is 2. The predicted octanol–water partition coefficient (Wildman–Crippen LogP) is 3.56. The molecule has 5 heteroatoms. The fraction of sp³-hybridized carbons (Fsp3) is 0.200. The van der Waals surface area contributed by atoms with Gasteiger partial charge >= 0.3 is 0 Å². The molecule has 0 radical (unpaired) electrons. The van der Waals surface area contributed by atoms with E-state index in [0.29, 0.717) is 0 Å². The summed E-state index contributed by atoms with van der Waals surface area (Å²) in [5.74, 6) is 0. The standard InChI is InChI=1S/C15H17N3O2/c1-10-4-6-12(7-5-10)17(3)14-9-15(18(19)20)13(16)8-11(14)2/h4-9H,16H2,1-3H3. The lowest BCUT2D eigenvalue weighted by molar-refractivity contribution is -0.383. The maximum absolute atomic E-state index is 11.0. The number of hydrogen-bond acceptors (Lipinski definition) is 4. The van der Waals surface area contributed by atoms with Gasteiger partial charge in [-0.25, -0.2) is 0 Å². The van der Waals surface area contributed by atoms with Crippen LogP contribution in [0.4, 0.5) is 22.7 Å². The average molecular weight is 271 g/mol.